The predicted molar refractivity (Wildman–Crippen MR) is 52.8 cm³/mol. The van der Waals surface area contributed by atoms with E-state index in [-0.39, 0.29) is 17.6 Å². The van der Waals surface area contributed by atoms with Gasteiger partial charge in [0.2, 0.25) is 5.91 Å². The lowest BCUT2D eigenvalue weighted by Gasteiger charge is -2.07. The van der Waals surface area contributed by atoms with Crippen LogP contribution in [-0.2, 0) is 9.53 Å². The summed E-state index contributed by atoms with van der Waals surface area (Å²) in [5.74, 6) is 4.82. The van der Waals surface area contributed by atoms with Crippen molar-refractivity contribution in [2.45, 2.75) is 0 Å². The van der Waals surface area contributed by atoms with Crippen LogP contribution >= 0.6 is 12.2 Å². The topological polar surface area (TPSA) is 88.4 Å². The Balaban J connectivity index is 3.35. The first-order valence-electron chi connectivity index (χ1n) is 3.70. The average molecular weight is 206 g/mol. The number of carbonyl (C=O) groups excluding carboxylic acids is 1. The van der Waals surface area contributed by atoms with Crippen LogP contribution in [0.5, 0.6) is 0 Å². The Hall–Kier alpha value is -0.920. The quantitative estimate of drug-likeness (QED) is 0.182. The van der Waals surface area contributed by atoms with Crippen LogP contribution in [0.1, 0.15) is 0 Å². The molecule has 0 aliphatic carbocycles. The molecule has 0 aliphatic heterocycles. The van der Waals surface area contributed by atoms with E-state index in [0.29, 0.717) is 13.2 Å². The summed E-state index contributed by atoms with van der Waals surface area (Å²) in [4.78, 5) is 11.0. The number of nitrogens with one attached hydrogen (secondary N) is 3. The van der Waals surface area contributed by atoms with E-state index in [4.69, 9.17) is 10.6 Å². The molecule has 0 heterocycles. The number of hydrazine groups is 1. The van der Waals surface area contributed by atoms with Crippen LogP contribution in [0.4, 0.5) is 0 Å². The molecule has 0 saturated heterocycles. The minimum absolute atomic E-state index is 0.104. The van der Waals surface area contributed by atoms with Gasteiger partial charge in [-0.2, -0.15) is 0 Å². The van der Waals surface area contributed by atoms with E-state index >= 15 is 0 Å². The van der Waals surface area contributed by atoms with E-state index in [1.807, 2.05) is 0 Å². The van der Waals surface area contributed by atoms with Crippen LogP contribution in [0.25, 0.3) is 0 Å². The number of carbonyl (C=O) groups is 1. The Labute approximate surface area is 82.2 Å². The molecule has 1 amide bonds. The van der Waals surface area contributed by atoms with E-state index < -0.39 is 0 Å². The van der Waals surface area contributed by atoms with Crippen LogP contribution < -0.4 is 21.9 Å². The minimum atomic E-state index is -0.158. The number of nitrogens with two attached hydrogens (primary N) is 1. The number of thiocarbonyl (C=S) groups is 1. The van der Waals surface area contributed by atoms with Gasteiger partial charge in [0.15, 0.2) is 5.11 Å². The summed E-state index contributed by atoms with van der Waals surface area (Å²) in [6.07, 6.45) is 0. The van der Waals surface area contributed by atoms with Crippen molar-refractivity contribution >= 4 is 23.2 Å². The Bertz CT molecular complexity index is 176. The number of ether oxygens (including phenoxy) is 1. The second-order valence-electron chi connectivity index (χ2n) is 2.17. The van der Waals surface area contributed by atoms with Crippen molar-refractivity contribution in [2.24, 2.45) is 5.84 Å². The van der Waals surface area contributed by atoms with E-state index in [9.17, 15) is 4.79 Å². The zero-order chi connectivity index (χ0) is 10.1. The molecule has 0 saturated carbocycles. The third-order valence-electron chi connectivity index (χ3n) is 1.17. The minimum Gasteiger partial charge on any atom is -0.383 e. The van der Waals surface area contributed by atoms with Gasteiger partial charge in [0.1, 0.15) is 0 Å². The maximum absolute atomic E-state index is 11.0. The van der Waals surface area contributed by atoms with Crippen LogP contribution in [-0.4, -0.2) is 37.8 Å². The average Bonchev–Trinajstić information content (AvgIpc) is 2.14. The summed E-state index contributed by atoms with van der Waals surface area (Å²) in [6.45, 7) is 1.08. The lowest BCUT2D eigenvalue weighted by molar-refractivity contribution is -0.120. The third-order valence-corrected chi connectivity index (χ3v) is 1.43. The number of hydrogen-bond acceptors (Lipinski definition) is 4. The molecule has 7 heteroatoms. The van der Waals surface area contributed by atoms with E-state index in [2.05, 4.69) is 28.3 Å². The maximum Gasteiger partial charge on any atom is 0.239 e. The summed E-state index contributed by atoms with van der Waals surface area (Å²) < 4.78 is 4.75. The molecule has 0 rings (SSSR count). The fourth-order valence-electron chi connectivity index (χ4n) is 0.567. The lowest BCUT2D eigenvalue weighted by atomic mass is 10.5. The van der Waals surface area contributed by atoms with Crippen molar-refractivity contribution in [1.29, 1.82) is 0 Å². The maximum atomic E-state index is 11.0. The molecule has 0 aromatic rings. The summed E-state index contributed by atoms with van der Waals surface area (Å²) in [5, 5.41) is 5.45. The molecule has 0 fully saturated rings. The van der Waals surface area contributed by atoms with E-state index in [1.165, 1.54) is 0 Å². The van der Waals surface area contributed by atoms with Crippen LogP contribution in [0.2, 0.25) is 0 Å². The number of rotatable bonds is 5. The van der Waals surface area contributed by atoms with Crippen molar-refractivity contribution in [3.8, 4) is 0 Å². The summed E-state index contributed by atoms with van der Waals surface area (Å²) in [7, 11) is 1.57. The van der Waals surface area contributed by atoms with E-state index in [1.54, 1.807) is 7.11 Å². The highest BCUT2D eigenvalue weighted by Crippen LogP contribution is 1.68. The van der Waals surface area contributed by atoms with Gasteiger partial charge in [0, 0.05) is 13.7 Å². The highest BCUT2D eigenvalue weighted by atomic mass is 32.1. The molecule has 5 N–H and O–H groups in total. The molecule has 0 bridgehead atoms. The van der Waals surface area contributed by atoms with Crippen LogP contribution in [0, 0.1) is 0 Å². The Morgan fingerprint density at radius 2 is 2.23 bits per heavy atom. The summed E-state index contributed by atoms with van der Waals surface area (Å²) in [6, 6.07) is 0. The molecule has 13 heavy (non-hydrogen) atoms. The third kappa shape index (κ3) is 7.44. The molecule has 0 aromatic heterocycles. The van der Waals surface area contributed by atoms with Crippen LogP contribution in [0.15, 0.2) is 0 Å². The first kappa shape index (κ1) is 12.1. The Morgan fingerprint density at radius 1 is 1.54 bits per heavy atom. The molecular weight excluding hydrogens is 192 g/mol. The molecule has 0 atom stereocenters. The van der Waals surface area contributed by atoms with Gasteiger partial charge in [-0.25, -0.2) is 5.84 Å². The first-order chi connectivity index (χ1) is 6.20. The number of hydrogen-bond donors (Lipinski definition) is 4. The van der Waals surface area contributed by atoms with Crippen molar-refractivity contribution in [1.82, 2.24) is 16.1 Å². The van der Waals surface area contributed by atoms with Gasteiger partial charge in [0.25, 0.3) is 0 Å². The second kappa shape index (κ2) is 7.71. The van der Waals surface area contributed by atoms with Gasteiger partial charge in [0.05, 0.1) is 13.2 Å². The smallest absolute Gasteiger partial charge is 0.239 e. The molecule has 6 nitrogen and oxygen atoms in total. The van der Waals surface area contributed by atoms with Gasteiger partial charge >= 0.3 is 0 Å². The Morgan fingerprint density at radius 3 is 2.77 bits per heavy atom. The molecule has 0 aromatic carbocycles. The normalized spacial score (nSPS) is 9.08. The fraction of sp³-hybridized carbons (Fsp3) is 0.667. The summed E-state index contributed by atoms with van der Waals surface area (Å²) >= 11 is 4.66. The zero-order valence-electron chi connectivity index (χ0n) is 7.42. The monoisotopic (exact) mass is 206 g/mol. The first-order valence-corrected chi connectivity index (χ1v) is 4.11. The molecule has 0 spiro atoms. The van der Waals surface area contributed by atoms with Gasteiger partial charge in [-0.05, 0) is 12.2 Å². The standard InChI is InChI=1S/C6H14N4O2S/c1-12-3-2-8-5(11)4-9-6(13)10-7/h2-4,7H2,1H3,(H,8,11)(H2,9,10,13). The number of methoxy groups -OCH3 is 1. The van der Waals surface area contributed by atoms with Crippen LogP contribution in [0.3, 0.4) is 0 Å². The van der Waals surface area contributed by atoms with Gasteiger partial charge in [-0.15, -0.1) is 0 Å². The SMILES string of the molecule is COCCNC(=O)CNC(=S)NN. The van der Waals surface area contributed by atoms with Gasteiger partial charge < -0.3 is 20.8 Å². The van der Waals surface area contributed by atoms with Crippen molar-refractivity contribution in [3.63, 3.8) is 0 Å². The van der Waals surface area contributed by atoms with E-state index in [0.717, 1.165) is 0 Å². The molecular formula is C6H14N4O2S. The predicted octanol–water partition coefficient (Wildman–Crippen LogP) is -1.91. The second-order valence-corrected chi connectivity index (χ2v) is 2.58. The molecule has 0 unspecified atom stereocenters. The van der Waals surface area contributed by atoms with Gasteiger partial charge in [-0.3, -0.25) is 4.79 Å². The molecule has 0 aliphatic rings. The largest absolute Gasteiger partial charge is 0.383 e. The van der Waals surface area contributed by atoms with Crippen molar-refractivity contribution in [2.75, 3.05) is 26.8 Å². The van der Waals surface area contributed by atoms with Crippen molar-refractivity contribution in [3.05, 3.63) is 0 Å². The lowest BCUT2D eigenvalue weighted by Crippen LogP contribution is -2.44. The van der Waals surface area contributed by atoms with Gasteiger partial charge in [-0.1, -0.05) is 0 Å². The Kier molecular flexibility index (Phi) is 7.17. The summed E-state index contributed by atoms with van der Waals surface area (Å²) in [5.41, 5.74) is 2.20. The number of amides is 1. The highest BCUT2D eigenvalue weighted by molar-refractivity contribution is 7.80. The molecule has 0 radical (unpaired) electrons. The van der Waals surface area contributed by atoms with Crippen molar-refractivity contribution < 1.29 is 9.53 Å². The zero-order valence-corrected chi connectivity index (χ0v) is 8.24. The highest BCUT2D eigenvalue weighted by Gasteiger charge is 1.99. The molecule has 76 valence electrons. The fourth-order valence-corrected chi connectivity index (χ4v) is 0.639.